The second-order valence-corrected chi connectivity index (χ2v) is 12.3. The van der Waals surface area contributed by atoms with Gasteiger partial charge in [-0.1, -0.05) is 42.5 Å². The summed E-state index contributed by atoms with van der Waals surface area (Å²) < 4.78 is 6.51. The predicted molar refractivity (Wildman–Crippen MR) is 167 cm³/mol. The molecular weight excluding hydrogens is 522 g/mol. The van der Waals surface area contributed by atoms with Gasteiger partial charge in [0.15, 0.2) is 0 Å². The van der Waals surface area contributed by atoms with Gasteiger partial charge in [0.05, 0.1) is 36.3 Å². The third kappa shape index (κ3) is 5.15. The molecule has 0 bridgehead atoms. The van der Waals surface area contributed by atoms with Crippen LogP contribution >= 0.6 is 0 Å². The van der Waals surface area contributed by atoms with E-state index < -0.39 is 0 Å². The number of likely N-dealkylation sites (tertiary alicyclic amines) is 1. The van der Waals surface area contributed by atoms with Gasteiger partial charge in [0.25, 0.3) is 0 Å². The van der Waals surface area contributed by atoms with Crippen molar-refractivity contribution >= 4 is 22.3 Å². The first-order valence-electron chi connectivity index (χ1n) is 15.7. The van der Waals surface area contributed by atoms with E-state index in [2.05, 4.69) is 80.4 Å². The lowest BCUT2D eigenvalue weighted by Gasteiger charge is -2.42. The number of hydrogen-bond acceptors (Lipinski definition) is 8. The Balaban J connectivity index is 1.20. The number of hydrogen-bond donors (Lipinski definition) is 0. The maximum atomic E-state index is 9.58. The predicted octanol–water partition coefficient (Wildman–Crippen LogP) is 5.14. The molecule has 1 atom stereocenters. The van der Waals surface area contributed by atoms with Crippen LogP contribution in [0.15, 0.2) is 54.7 Å². The van der Waals surface area contributed by atoms with Crippen LogP contribution in [0.2, 0.25) is 0 Å². The molecule has 8 heteroatoms. The number of ether oxygens (including phenoxy) is 1. The molecule has 42 heavy (non-hydrogen) atoms. The number of piperazine rings is 1. The van der Waals surface area contributed by atoms with Crippen molar-refractivity contribution in [2.45, 2.75) is 63.6 Å². The van der Waals surface area contributed by atoms with E-state index in [0.717, 1.165) is 50.7 Å². The van der Waals surface area contributed by atoms with Gasteiger partial charge in [0.1, 0.15) is 12.4 Å². The highest BCUT2D eigenvalue weighted by atomic mass is 16.5. The van der Waals surface area contributed by atoms with Gasteiger partial charge in [-0.15, -0.1) is 0 Å². The Kier molecular flexibility index (Phi) is 7.37. The molecule has 2 aromatic carbocycles. The van der Waals surface area contributed by atoms with Crippen molar-refractivity contribution in [3.63, 3.8) is 0 Å². The summed E-state index contributed by atoms with van der Waals surface area (Å²) in [5.41, 5.74) is 3.71. The summed E-state index contributed by atoms with van der Waals surface area (Å²) in [7, 11) is 0. The summed E-state index contributed by atoms with van der Waals surface area (Å²) in [5.74, 6) is 1.00. The Morgan fingerprint density at radius 3 is 2.64 bits per heavy atom. The molecule has 3 aromatic rings. The number of fused-ring (bicyclic) bond motifs is 2. The maximum absolute atomic E-state index is 9.58. The summed E-state index contributed by atoms with van der Waals surface area (Å²) in [6, 6.07) is 18.2. The van der Waals surface area contributed by atoms with Crippen LogP contribution in [0, 0.1) is 11.3 Å². The SMILES string of the molecule is CC=CN1CCN(c2nc(OCC3(N4CCCC4)CC3)nc3c2CCN(c2cccc4ccccc24)C3)CC1CC#N. The van der Waals surface area contributed by atoms with Crippen LogP contribution in [0.3, 0.4) is 0 Å². The van der Waals surface area contributed by atoms with E-state index in [1.165, 1.54) is 60.8 Å². The third-order valence-electron chi connectivity index (χ3n) is 9.70. The van der Waals surface area contributed by atoms with Crippen LogP contribution in [-0.2, 0) is 13.0 Å². The van der Waals surface area contributed by atoms with Gasteiger partial charge >= 0.3 is 6.01 Å². The topological polar surface area (TPSA) is 71.8 Å². The molecule has 218 valence electrons. The molecular formula is C34H41N7O. The zero-order chi connectivity index (χ0) is 28.5. The van der Waals surface area contributed by atoms with Crippen molar-refractivity contribution < 1.29 is 4.74 Å². The van der Waals surface area contributed by atoms with Crippen molar-refractivity contribution in [1.29, 1.82) is 5.26 Å². The number of allylic oxidation sites excluding steroid dienone is 1. The largest absolute Gasteiger partial charge is 0.461 e. The highest BCUT2D eigenvalue weighted by Gasteiger charge is 2.49. The number of nitrogens with zero attached hydrogens (tertiary/aromatic N) is 7. The molecule has 1 unspecified atom stereocenters. The highest BCUT2D eigenvalue weighted by molar-refractivity contribution is 5.94. The van der Waals surface area contributed by atoms with E-state index in [-0.39, 0.29) is 11.6 Å². The first-order chi connectivity index (χ1) is 20.7. The number of rotatable bonds is 8. The molecule has 0 spiro atoms. The van der Waals surface area contributed by atoms with Gasteiger partial charge in [0, 0.05) is 42.8 Å². The summed E-state index contributed by atoms with van der Waals surface area (Å²) in [6.45, 7) is 9.19. The molecule has 3 fully saturated rings. The molecule has 3 aliphatic heterocycles. The third-order valence-corrected chi connectivity index (χ3v) is 9.70. The molecule has 1 saturated carbocycles. The molecule has 0 radical (unpaired) electrons. The molecule has 4 heterocycles. The first kappa shape index (κ1) is 27.0. The molecule has 0 N–H and O–H groups in total. The Morgan fingerprint density at radius 2 is 1.83 bits per heavy atom. The molecule has 4 aliphatic rings. The summed E-state index contributed by atoms with van der Waals surface area (Å²) in [6.07, 6.45) is 10.5. The van der Waals surface area contributed by atoms with E-state index in [9.17, 15) is 5.26 Å². The number of anilines is 2. The average molecular weight is 564 g/mol. The second-order valence-electron chi connectivity index (χ2n) is 12.3. The Bertz CT molecular complexity index is 1500. The van der Waals surface area contributed by atoms with Crippen molar-refractivity contribution in [3.05, 3.63) is 66.0 Å². The monoisotopic (exact) mass is 563 g/mol. The number of nitriles is 1. The summed E-state index contributed by atoms with van der Waals surface area (Å²) in [5, 5.41) is 12.1. The fourth-order valence-corrected chi connectivity index (χ4v) is 7.23. The van der Waals surface area contributed by atoms with E-state index >= 15 is 0 Å². The fourth-order valence-electron chi connectivity index (χ4n) is 7.23. The second kappa shape index (κ2) is 11.4. The minimum absolute atomic E-state index is 0.135. The smallest absolute Gasteiger partial charge is 0.318 e. The lowest BCUT2D eigenvalue weighted by Crippen LogP contribution is -2.51. The van der Waals surface area contributed by atoms with Crippen LogP contribution in [0.25, 0.3) is 10.8 Å². The van der Waals surface area contributed by atoms with Gasteiger partial charge in [-0.25, -0.2) is 0 Å². The molecule has 7 rings (SSSR count). The van der Waals surface area contributed by atoms with Gasteiger partial charge in [-0.3, -0.25) is 4.90 Å². The van der Waals surface area contributed by atoms with Gasteiger partial charge < -0.3 is 19.4 Å². The standard InChI is InChI=1S/C34H41N7O/c1-2-17-38-21-22-40(23-27(38)12-16-35)32-29-13-20-39(31-11-7-9-26-8-3-4-10-28(26)31)24-30(29)36-33(37-32)42-25-34(14-15-34)41-18-5-6-19-41/h2-4,7-11,17,27H,5-6,12-15,18-25H2,1H3. The number of aromatic nitrogens is 2. The van der Waals surface area contributed by atoms with E-state index in [1.54, 1.807) is 0 Å². The molecule has 0 amide bonds. The minimum Gasteiger partial charge on any atom is -0.461 e. The Morgan fingerprint density at radius 1 is 1.00 bits per heavy atom. The molecule has 1 aromatic heterocycles. The quantitative estimate of drug-likeness (QED) is 0.373. The lowest BCUT2D eigenvalue weighted by atomic mass is 10.0. The Labute approximate surface area is 249 Å². The van der Waals surface area contributed by atoms with Crippen LogP contribution < -0.4 is 14.5 Å². The van der Waals surface area contributed by atoms with Crippen molar-refractivity contribution in [2.75, 3.05) is 55.7 Å². The zero-order valence-corrected chi connectivity index (χ0v) is 24.7. The van der Waals surface area contributed by atoms with Crippen LogP contribution in [0.4, 0.5) is 11.5 Å². The highest BCUT2D eigenvalue weighted by Crippen LogP contribution is 2.44. The normalized spacial score (nSPS) is 22.0. The van der Waals surface area contributed by atoms with Crippen LogP contribution in [0.1, 0.15) is 50.3 Å². The minimum atomic E-state index is 0.135. The first-order valence-corrected chi connectivity index (χ1v) is 15.7. The molecule has 2 saturated heterocycles. The molecule has 1 aliphatic carbocycles. The summed E-state index contributed by atoms with van der Waals surface area (Å²) >= 11 is 0. The van der Waals surface area contributed by atoms with Crippen LogP contribution in [-0.4, -0.2) is 77.2 Å². The average Bonchev–Trinajstić information content (AvgIpc) is 3.61. The maximum Gasteiger partial charge on any atom is 0.318 e. The number of benzene rings is 2. The van der Waals surface area contributed by atoms with E-state index in [0.29, 0.717) is 19.0 Å². The fraction of sp³-hybridized carbons (Fsp3) is 0.500. The van der Waals surface area contributed by atoms with Gasteiger partial charge in [-0.05, 0) is 69.8 Å². The van der Waals surface area contributed by atoms with Gasteiger partial charge in [0.2, 0.25) is 0 Å². The zero-order valence-electron chi connectivity index (χ0n) is 24.7. The summed E-state index contributed by atoms with van der Waals surface area (Å²) in [4.78, 5) is 20.0. The lowest BCUT2D eigenvalue weighted by molar-refractivity contribution is 0.134. The van der Waals surface area contributed by atoms with Gasteiger partial charge in [-0.2, -0.15) is 15.2 Å². The van der Waals surface area contributed by atoms with Crippen molar-refractivity contribution in [2.24, 2.45) is 0 Å². The van der Waals surface area contributed by atoms with Crippen LogP contribution in [0.5, 0.6) is 6.01 Å². The molecule has 8 nitrogen and oxygen atoms in total. The van der Waals surface area contributed by atoms with Crippen molar-refractivity contribution in [1.82, 2.24) is 19.8 Å². The Hall–Kier alpha value is -3.83. The van der Waals surface area contributed by atoms with E-state index in [1.807, 2.05) is 6.92 Å². The van der Waals surface area contributed by atoms with Crippen molar-refractivity contribution in [3.8, 4) is 12.1 Å². The van der Waals surface area contributed by atoms with E-state index in [4.69, 9.17) is 14.7 Å².